The second-order valence-corrected chi connectivity index (χ2v) is 8.47. The van der Waals surface area contributed by atoms with Crippen molar-refractivity contribution in [3.05, 3.63) is 57.1 Å². The van der Waals surface area contributed by atoms with E-state index in [9.17, 15) is 31.7 Å². The van der Waals surface area contributed by atoms with E-state index in [0.29, 0.717) is 12.1 Å². The first-order valence-electron chi connectivity index (χ1n) is 6.64. The molecule has 0 aliphatic rings. The lowest BCUT2D eigenvalue weighted by Crippen LogP contribution is -2.16. The van der Waals surface area contributed by atoms with Crippen LogP contribution in [0.25, 0.3) is 0 Å². The van der Waals surface area contributed by atoms with E-state index in [2.05, 4.69) is 0 Å². The highest BCUT2D eigenvalue weighted by Gasteiger charge is 2.24. The summed E-state index contributed by atoms with van der Waals surface area (Å²) in [5, 5.41) is 19.7. The highest BCUT2D eigenvalue weighted by molar-refractivity contribution is 7.92. The second kappa shape index (κ2) is 7.11. The number of aromatic carboxylic acids is 1. The molecule has 0 aromatic heterocycles. The van der Waals surface area contributed by atoms with Gasteiger partial charge in [-0.05, 0) is 30.3 Å². The van der Waals surface area contributed by atoms with Crippen molar-refractivity contribution in [3.63, 3.8) is 0 Å². The second-order valence-electron chi connectivity index (χ2n) is 4.96. The van der Waals surface area contributed by atoms with Gasteiger partial charge in [-0.15, -0.1) is 0 Å². The minimum absolute atomic E-state index is 0.303. The summed E-state index contributed by atoms with van der Waals surface area (Å²) in [7, 11) is -9.20. The van der Waals surface area contributed by atoms with Crippen LogP contribution in [0.15, 0.2) is 46.2 Å². The Morgan fingerprint density at radius 2 is 1.67 bits per heavy atom. The Morgan fingerprint density at radius 1 is 1.07 bits per heavy atom. The quantitative estimate of drug-likeness (QED) is 0.346. The summed E-state index contributed by atoms with van der Waals surface area (Å²) in [6.45, 7) is 0. The maximum Gasteiger partial charge on any atom is 0.337 e. The van der Waals surface area contributed by atoms with Crippen molar-refractivity contribution in [2.45, 2.75) is 9.79 Å². The molecule has 0 radical (unpaired) electrons. The Hall–Kier alpha value is -2.74. The number of nitro groups is 1. The third kappa shape index (κ3) is 4.51. The SMILES string of the molecule is O=C(O)c1cc(S(=O)(=O)O)ccc1NS(=O)(=O)c1ccc(Cl)c([N+](=O)[O-])c1. The molecule has 0 aliphatic heterocycles. The number of halogens is 1. The number of sulfonamides is 1. The van der Waals surface area contributed by atoms with Gasteiger partial charge in [0.2, 0.25) is 0 Å². The molecule has 144 valence electrons. The monoisotopic (exact) mass is 436 g/mol. The van der Waals surface area contributed by atoms with Gasteiger partial charge in [0.25, 0.3) is 25.8 Å². The molecule has 11 nitrogen and oxygen atoms in total. The molecule has 0 bridgehead atoms. The normalized spacial score (nSPS) is 11.8. The minimum atomic E-state index is -4.72. The molecule has 0 saturated heterocycles. The molecule has 0 aliphatic carbocycles. The lowest BCUT2D eigenvalue weighted by Gasteiger charge is -2.11. The zero-order valence-corrected chi connectivity index (χ0v) is 15.2. The van der Waals surface area contributed by atoms with Crippen LogP contribution in [0.4, 0.5) is 11.4 Å². The van der Waals surface area contributed by atoms with Gasteiger partial charge in [-0.2, -0.15) is 8.42 Å². The van der Waals surface area contributed by atoms with E-state index in [1.807, 2.05) is 4.72 Å². The van der Waals surface area contributed by atoms with Gasteiger partial charge in [0.05, 0.1) is 26.0 Å². The molecule has 0 unspecified atom stereocenters. The van der Waals surface area contributed by atoms with Crippen molar-refractivity contribution in [2.75, 3.05) is 4.72 Å². The fourth-order valence-corrected chi connectivity index (χ4v) is 3.75. The number of hydrogen-bond acceptors (Lipinski definition) is 7. The summed E-state index contributed by atoms with van der Waals surface area (Å²) in [4.78, 5) is 19.9. The van der Waals surface area contributed by atoms with Crippen LogP contribution >= 0.6 is 11.6 Å². The Morgan fingerprint density at radius 3 is 2.19 bits per heavy atom. The zero-order chi connectivity index (χ0) is 20.6. The largest absolute Gasteiger partial charge is 0.478 e. The third-order valence-corrected chi connectivity index (χ3v) is 5.72. The molecule has 0 fully saturated rings. The van der Waals surface area contributed by atoms with Gasteiger partial charge in [0, 0.05) is 6.07 Å². The van der Waals surface area contributed by atoms with E-state index in [1.165, 1.54) is 0 Å². The van der Waals surface area contributed by atoms with Gasteiger partial charge in [0.15, 0.2) is 0 Å². The van der Waals surface area contributed by atoms with Gasteiger partial charge in [0.1, 0.15) is 5.02 Å². The molecular weight excluding hydrogens is 428 g/mol. The van der Waals surface area contributed by atoms with E-state index in [4.69, 9.17) is 21.3 Å². The molecule has 2 aromatic rings. The van der Waals surface area contributed by atoms with Gasteiger partial charge < -0.3 is 5.11 Å². The van der Waals surface area contributed by atoms with Crippen LogP contribution in [0.3, 0.4) is 0 Å². The predicted octanol–water partition coefficient (Wildman–Crippen LogP) is 1.99. The Bertz CT molecular complexity index is 1160. The number of rotatable bonds is 6. The lowest BCUT2D eigenvalue weighted by atomic mass is 10.2. The third-order valence-electron chi connectivity index (χ3n) is 3.19. The highest BCUT2D eigenvalue weighted by atomic mass is 35.5. The van der Waals surface area contributed by atoms with Gasteiger partial charge >= 0.3 is 5.97 Å². The molecule has 0 atom stereocenters. The first-order chi connectivity index (χ1) is 12.3. The summed E-state index contributed by atoms with van der Waals surface area (Å²) in [6.07, 6.45) is 0. The number of nitrogens with one attached hydrogen (secondary N) is 1. The number of carboxylic acids is 1. The molecule has 14 heteroatoms. The summed E-state index contributed by atoms with van der Waals surface area (Å²) in [5.41, 5.74) is -1.97. The van der Waals surface area contributed by atoms with E-state index in [1.54, 1.807) is 0 Å². The van der Waals surface area contributed by atoms with Crippen molar-refractivity contribution in [1.82, 2.24) is 0 Å². The van der Waals surface area contributed by atoms with Crippen molar-refractivity contribution in [1.29, 1.82) is 0 Å². The number of nitro benzene ring substituents is 1. The lowest BCUT2D eigenvalue weighted by molar-refractivity contribution is -0.384. The Balaban J connectivity index is 2.54. The van der Waals surface area contributed by atoms with Crippen LogP contribution in [-0.4, -0.2) is 37.4 Å². The van der Waals surface area contributed by atoms with Crippen molar-refractivity contribution in [3.8, 4) is 0 Å². The van der Waals surface area contributed by atoms with E-state index in [-0.39, 0.29) is 5.02 Å². The maximum atomic E-state index is 12.4. The van der Waals surface area contributed by atoms with Crippen molar-refractivity contribution < 1.29 is 36.2 Å². The first kappa shape index (κ1) is 20.6. The summed E-state index contributed by atoms with van der Waals surface area (Å²) in [6, 6.07) is 4.77. The smallest absolute Gasteiger partial charge is 0.337 e. The zero-order valence-electron chi connectivity index (χ0n) is 12.9. The molecule has 0 heterocycles. The molecule has 0 saturated carbocycles. The molecule has 2 rings (SSSR count). The van der Waals surface area contributed by atoms with Crippen LogP contribution in [-0.2, 0) is 20.1 Å². The Kier molecular flexibility index (Phi) is 5.42. The van der Waals surface area contributed by atoms with Crippen LogP contribution in [0.1, 0.15) is 10.4 Å². The number of anilines is 1. The van der Waals surface area contributed by atoms with E-state index < -0.39 is 57.8 Å². The van der Waals surface area contributed by atoms with Crippen LogP contribution in [0, 0.1) is 10.1 Å². The minimum Gasteiger partial charge on any atom is -0.478 e. The number of hydrogen-bond donors (Lipinski definition) is 3. The van der Waals surface area contributed by atoms with Crippen molar-refractivity contribution in [2.24, 2.45) is 0 Å². The number of carboxylic acid groups (broad SMARTS) is 1. The fourth-order valence-electron chi connectivity index (χ4n) is 1.95. The molecule has 0 amide bonds. The molecule has 2 aromatic carbocycles. The van der Waals surface area contributed by atoms with Crippen LogP contribution in [0.5, 0.6) is 0 Å². The molecular formula is C13H9ClN2O9S2. The van der Waals surface area contributed by atoms with E-state index in [0.717, 1.165) is 24.3 Å². The first-order valence-corrected chi connectivity index (χ1v) is 9.94. The maximum absolute atomic E-state index is 12.4. The summed E-state index contributed by atoms with van der Waals surface area (Å²) >= 11 is 5.61. The van der Waals surface area contributed by atoms with Crippen LogP contribution in [0.2, 0.25) is 5.02 Å². The molecule has 27 heavy (non-hydrogen) atoms. The van der Waals surface area contributed by atoms with Crippen molar-refractivity contribution >= 4 is 49.1 Å². The number of carbonyl (C=O) groups is 1. The molecule has 3 N–H and O–H groups in total. The average molecular weight is 437 g/mol. The summed E-state index contributed by atoms with van der Waals surface area (Å²) < 4.78 is 57.9. The standard InChI is InChI=1S/C13H9ClN2O9S2/c14-10-3-1-7(6-12(10)16(19)20)26(21,22)15-11-4-2-8(27(23,24)25)5-9(11)13(17)18/h1-6,15H,(H,17,18)(H,23,24,25). The number of nitrogens with zero attached hydrogens (tertiary/aromatic N) is 1. The van der Waals surface area contributed by atoms with Gasteiger partial charge in [-0.25, -0.2) is 13.2 Å². The highest BCUT2D eigenvalue weighted by Crippen LogP contribution is 2.29. The fraction of sp³-hybridized carbons (Fsp3) is 0. The van der Waals surface area contributed by atoms with E-state index >= 15 is 0 Å². The number of benzene rings is 2. The van der Waals surface area contributed by atoms with Crippen LogP contribution < -0.4 is 4.72 Å². The topological polar surface area (TPSA) is 181 Å². The predicted molar refractivity (Wildman–Crippen MR) is 92.1 cm³/mol. The summed E-state index contributed by atoms with van der Waals surface area (Å²) in [5.74, 6) is -1.68. The Labute approximate surface area is 157 Å². The average Bonchev–Trinajstić information content (AvgIpc) is 2.53. The molecule has 0 spiro atoms. The van der Waals surface area contributed by atoms with Gasteiger partial charge in [-0.1, -0.05) is 11.6 Å². The van der Waals surface area contributed by atoms with Gasteiger partial charge in [-0.3, -0.25) is 19.4 Å².